The average Bonchev–Trinajstić information content (AvgIpc) is 3.10. The van der Waals surface area contributed by atoms with Gasteiger partial charge in [-0.3, -0.25) is 0 Å². The van der Waals surface area contributed by atoms with E-state index in [4.69, 9.17) is 4.74 Å². The molecule has 3 heterocycles. The zero-order chi connectivity index (χ0) is 16.5. The highest BCUT2D eigenvalue weighted by atomic mass is 19.1. The summed E-state index contributed by atoms with van der Waals surface area (Å²) in [6.07, 6.45) is 4.13. The van der Waals surface area contributed by atoms with Crippen molar-refractivity contribution in [3.8, 4) is 11.3 Å². The van der Waals surface area contributed by atoms with Crippen molar-refractivity contribution in [2.45, 2.75) is 18.9 Å². The number of benzene rings is 1. The van der Waals surface area contributed by atoms with E-state index in [1.165, 1.54) is 12.1 Å². The third kappa shape index (κ3) is 2.73. The Morgan fingerprint density at radius 3 is 2.83 bits per heavy atom. The molecule has 1 aliphatic heterocycles. The van der Waals surface area contributed by atoms with Crippen LogP contribution in [0.15, 0.2) is 42.6 Å². The SMILES string of the molecule is CO[C@H]1CCCN(c2cc(-c3ccc(F)cc3)nc3ccnn23)C1. The van der Waals surface area contributed by atoms with E-state index in [0.717, 1.165) is 48.7 Å². The Bertz CT molecular complexity index is 846. The van der Waals surface area contributed by atoms with E-state index in [0.29, 0.717) is 0 Å². The molecule has 0 radical (unpaired) electrons. The number of anilines is 1. The summed E-state index contributed by atoms with van der Waals surface area (Å²) in [7, 11) is 1.76. The van der Waals surface area contributed by atoms with E-state index in [1.54, 1.807) is 25.4 Å². The van der Waals surface area contributed by atoms with Crippen LogP contribution >= 0.6 is 0 Å². The van der Waals surface area contributed by atoms with Gasteiger partial charge in [0, 0.05) is 37.9 Å². The first-order valence-corrected chi connectivity index (χ1v) is 8.13. The summed E-state index contributed by atoms with van der Waals surface area (Å²) < 4.78 is 20.6. The van der Waals surface area contributed by atoms with Crippen LogP contribution < -0.4 is 4.90 Å². The first-order valence-electron chi connectivity index (χ1n) is 8.13. The van der Waals surface area contributed by atoms with Crippen molar-refractivity contribution in [2.24, 2.45) is 0 Å². The lowest BCUT2D eigenvalue weighted by Crippen LogP contribution is -2.40. The minimum atomic E-state index is -0.247. The van der Waals surface area contributed by atoms with E-state index in [9.17, 15) is 4.39 Å². The summed E-state index contributed by atoms with van der Waals surface area (Å²) in [6, 6.07) is 10.3. The van der Waals surface area contributed by atoms with Gasteiger partial charge in [-0.05, 0) is 37.1 Å². The molecule has 0 amide bonds. The molecule has 0 spiro atoms. The molecule has 2 aromatic heterocycles. The van der Waals surface area contributed by atoms with E-state index in [1.807, 2.05) is 16.6 Å². The van der Waals surface area contributed by atoms with E-state index < -0.39 is 0 Å². The maximum absolute atomic E-state index is 13.2. The molecule has 124 valence electrons. The summed E-state index contributed by atoms with van der Waals surface area (Å²) in [4.78, 5) is 6.93. The van der Waals surface area contributed by atoms with Gasteiger partial charge in [0.1, 0.15) is 11.6 Å². The Kier molecular flexibility index (Phi) is 3.90. The van der Waals surface area contributed by atoms with Crippen molar-refractivity contribution in [3.63, 3.8) is 0 Å². The van der Waals surface area contributed by atoms with E-state index in [2.05, 4.69) is 15.0 Å². The Balaban J connectivity index is 1.79. The molecule has 1 atom stereocenters. The number of aromatic nitrogens is 3. The number of halogens is 1. The van der Waals surface area contributed by atoms with Crippen molar-refractivity contribution in [3.05, 3.63) is 48.4 Å². The first-order chi connectivity index (χ1) is 11.7. The van der Waals surface area contributed by atoms with Crippen molar-refractivity contribution in [1.29, 1.82) is 0 Å². The van der Waals surface area contributed by atoms with Gasteiger partial charge in [-0.2, -0.15) is 9.61 Å². The summed E-state index contributed by atoms with van der Waals surface area (Å²) in [5, 5.41) is 4.41. The highest BCUT2D eigenvalue weighted by molar-refractivity contribution is 5.67. The standard InChI is InChI=1S/C18H19FN4O/c1-24-15-3-2-10-22(12-15)18-11-16(13-4-6-14(19)7-5-13)21-17-8-9-20-23(17)18/h4-9,11,15H,2-3,10,12H2,1H3/t15-/m0/s1. The second-order valence-corrected chi connectivity index (χ2v) is 6.05. The molecule has 1 fully saturated rings. The monoisotopic (exact) mass is 326 g/mol. The van der Waals surface area contributed by atoms with Gasteiger partial charge in [0.15, 0.2) is 5.65 Å². The van der Waals surface area contributed by atoms with E-state index >= 15 is 0 Å². The second-order valence-electron chi connectivity index (χ2n) is 6.05. The number of hydrogen-bond acceptors (Lipinski definition) is 4. The number of piperidine rings is 1. The van der Waals surface area contributed by atoms with Gasteiger partial charge in [-0.15, -0.1) is 0 Å². The zero-order valence-corrected chi connectivity index (χ0v) is 13.5. The van der Waals surface area contributed by atoms with Crippen molar-refractivity contribution < 1.29 is 9.13 Å². The molecule has 4 rings (SSSR count). The molecular weight excluding hydrogens is 307 g/mol. The van der Waals surface area contributed by atoms with Crippen LogP contribution in [0, 0.1) is 5.82 Å². The molecule has 0 saturated carbocycles. The highest BCUT2D eigenvalue weighted by Gasteiger charge is 2.22. The summed E-state index contributed by atoms with van der Waals surface area (Å²) in [6.45, 7) is 1.79. The minimum Gasteiger partial charge on any atom is -0.380 e. The number of hydrogen-bond donors (Lipinski definition) is 0. The maximum atomic E-state index is 13.2. The number of fused-ring (bicyclic) bond motifs is 1. The van der Waals surface area contributed by atoms with Gasteiger partial charge >= 0.3 is 0 Å². The largest absolute Gasteiger partial charge is 0.380 e. The Morgan fingerprint density at radius 2 is 2.04 bits per heavy atom. The Labute approximate surface area is 139 Å². The van der Waals surface area contributed by atoms with Crippen LogP contribution in [0.4, 0.5) is 10.2 Å². The summed E-state index contributed by atoms with van der Waals surface area (Å²) in [5.74, 6) is 0.745. The van der Waals surface area contributed by atoms with Crippen molar-refractivity contribution in [1.82, 2.24) is 14.6 Å². The van der Waals surface area contributed by atoms with Crippen LogP contribution in [-0.2, 0) is 4.74 Å². The van der Waals surface area contributed by atoms with Gasteiger partial charge < -0.3 is 9.64 Å². The molecule has 1 aliphatic rings. The Hall–Kier alpha value is -2.47. The molecule has 24 heavy (non-hydrogen) atoms. The van der Waals surface area contributed by atoms with Crippen LogP contribution in [0.1, 0.15) is 12.8 Å². The number of nitrogens with zero attached hydrogens (tertiary/aromatic N) is 4. The predicted molar refractivity (Wildman–Crippen MR) is 90.6 cm³/mol. The van der Waals surface area contributed by atoms with Crippen molar-refractivity contribution in [2.75, 3.05) is 25.1 Å². The number of ether oxygens (including phenoxy) is 1. The molecule has 1 aromatic carbocycles. The van der Waals surface area contributed by atoms with Crippen LogP contribution in [-0.4, -0.2) is 40.9 Å². The van der Waals surface area contributed by atoms with Gasteiger partial charge in [-0.25, -0.2) is 9.37 Å². The lowest BCUT2D eigenvalue weighted by atomic mass is 10.1. The molecule has 5 nitrogen and oxygen atoms in total. The van der Waals surface area contributed by atoms with E-state index in [-0.39, 0.29) is 11.9 Å². The average molecular weight is 326 g/mol. The fourth-order valence-electron chi connectivity index (χ4n) is 3.23. The molecule has 3 aromatic rings. The molecule has 0 unspecified atom stereocenters. The predicted octanol–water partition coefficient (Wildman–Crippen LogP) is 3.15. The van der Waals surface area contributed by atoms with Crippen LogP contribution in [0.2, 0.25) is 0 Å². The van der Waals surface area contributed by atoms with Crippen LogP contribution in [0.25, 0.3) is 16.9 Å². The number of methoxy groups -OCH3 is 1. The molecule has 0 N–H and O–H groups in total. The molecule has 0 aliphatic carbocycles. The molecule has 6 heteroatoms. The second kappa shape index (κ2) is 6.20. The maximum Gasteiger partial charge on any atom is 0.157 e. The van der Waals surface area contributed by atoms with Crippen molar-refractivity contribution >= 4 is 11.5 Å². The smallest absolute Gasteiger partial charge is 0.157 e. The van der Waals surface area contributed by atoms with Crippen LogP contribution in [0.5, 0.6) is 0 Å². The lowest BCUT2D eigenvalue weighted by Gasteiger charge is -2.33. The third-order valence-electron chi connectivity index (χ3n) is 4.52. The zero-order valence-electron chi connectivity index (χ0n) is 13.5. The normalized spacial score (nSPS) is 18.2. The third-order valence-corrected chi connectivity index (χ3v) is 4.52. The number of rotatable bonds is 3. The summed E-state index contributed by atoms with van der Waals surface area (Å²) in [5.41, 5.74) is 2.49. The lowest BCUT2D eigenvalue weighted by molar-refractivity contribution is 0.0890. The van der Waals surface area contributed by atoms with Gasteiger partial charge in [0.05, 0.1) is 18.0 Å². The first kappa shape index (κ1) is 15.1. The fourth-order valence-corrected chi connectivity index (χ4v) is 3.23. The molecule has 0 bridgehead atoms. The van der Waals surface area contributed by atoms with Gasteiger partial charge in [0.2, 0.25) is 0 Å². The quantitative estimate of drug-likeness (QED) is 0.741. The highest BCUT2D eigenvalue weighted by Crippen LogP contribution is 2.27. The minimum absolute atomic E-state index is 0.229. The van der Waals surface area contributed by atoms with Gasteiger partial charge in [0.25, 0.3) is 0 Å². The Morgan fingerprint density at radius 1 is 1.21 bits per heavy atom. The molecule has 1 saturated heterocycles. The molecular formula is C18H19FN4O. The van der Waals surface area contributed by atoms with Gasteiger partial charge in [-0.1, -0.05) is 0 Å². The topological polar surface area (TPSA) is 42.7 Å². The van der Waals surface area contributed by atoms with Crippen LogP contribution in [0.3, 0.4) is 0 Å². The summed E-state index contributed by atoms with van der Waals surface area (Å²) >= 11 is 0. The fraction of sp³-hybridized carbons (Fsp3) is 0.333.